The van der Waals surface area contributed by atoms with Crippen LogP contribution in [0.1, 0.15) is 45.6 Å². The zero-order valence-electron chi connectivity index (χ0n) is 10.4. The van der Waals surface area contributed by atoms with Crippen LogP contribution in [0.15, 0.2) is 24.3 Å². The molecule has 0 saturated carbocycles. The normalized spacial score (nSPS) is 11.1. The van der Waals surface area contributed by atoms with Crippen LogP contribution < -0.4 is 5.32 Å². The van der Waals surface area contributed by atoms with Gasteiger partial charge in [-0.25, -0.2) is 0 Å². The molecule has 1 N–H and O–H groups in total. The third kappa shape index (κ3) is 4.37. The van der Waals surface area contributed by atoms with Crippen molar-refractivity contribution < 1.29 is 0 Å². The summed E-state index contributed by atoms with van der Waals surface area (Å²) >= 11 is 0. The first-order valence-electron chi connectivity index (χ1n) is 5.93. The molecule has 0 bridgehead atoms. The number of benzene rings is 1. The van der Waals surface area contributed by atoms with Crippen LogP contribution in [0, 0.1) is 5.92 Å². The molecule has 0 saturated heterocycles. The monoisotopic (exact) mass is 205 g/mol. The second-order valence-corrected chi connectivity index (χ2v) is 4.89. The molecule has 1 nitrogen and oxygen atoms in total. The van der Waals surface area contributed by atoms with Gasteiger partial charge in [0.25, 0.3) is 0 Å². The van der Waals surface area contributed by atoms with Crippen LogP contribution in [0.5, 0.6) is 0 Å². The fourth-order valence-corrected chi connectivity index (χ4v) is 1.51. The number of hydrogen-bond acceptors (Lipinski definition) is 1. The highest BCUT2D eigenvalue weighted by atomic mass is 14.9. The van der Waals surface area contributed by atoms with E-state index in [-0.39, 0.29) is 0 Å². The van der Waals surface area contributed by atoms with Crippen LogP contribution in [-0.2, 0) is 0 Å². The predicted octanol–water partition coefficient (Wildman–Crippen LogP) is 4.27. The molecule has 1 rings (SSSR count). The van der Waals surface area contributed by atoms with Gasteiger partial charge in [0.15, 0.2) is 0 Å². The zero-order chi connectivity index (χ0) is 11.3. The van der Waals surface area contributed by atoms with E-state index in [1.807, 2.05) is 0 Å². The van der Waals surface area contributed by atoms with Gasteiger partial charge in [-0.2, -0.15) is 0 Å². The maximum Gasteiger partial charge on any atom is 0.0343 e. The standard InChI is InChI=1S/C14H23N/c1-11(2)8-9-15-14-7-5-6-13(10-14)12(3)4/h5-7,10-12,15H,8-9H2,1-4H3. The van der Waals surface area contributed by atoms with Gasteiger partial charge in [-0.1, -0.05) is 39.8 Å². The molecule has 0 radical (unpaired) electrons. The molecule has 1 aromatic rings. The van der Waals surface area contributed by atoms with Crippen molar-refractivity contribution in [3.63, 3.8) is 0 Å². The van der Waals surface area contributed by atoms with E-state index in [4.69, 9.17) is 0 Å². The topological polar surface area (TPSA) is 12.0 Å². The summed E-state index contributed by atoms with van der Waals surface area (Å²) < 4.78 is 0. The average molecular weight is 205 g/mol. The molecule has 0 atom stereocenters. The van der Waals surface area contributed by atoms with Gasteiger partial charge < -0.3 is 5.32 Å². The van der Waals surface area contributed by atoms with Crippen LogP contribution in [0.4, 0.5) is 5.69 Å². The Labute approximate surface area is 93.9 Å². The van der Waals surface area contributed by atoms with E-state index >= 15 is 0 Å². The van der Waals surface area contributed by atoms with Gasteiger partial charge in [0, 0.05) is 12.2 Å². The molecule has 0 aliphatic heterocycles. The van der Waals surface area contributed by atoms with Crippen molar-refractivity contribution in [2.45, 2.75) is 40.0 Å². The van der Waals surface area contributed by atoms with Crippen LogP contribution in [0.3, 0.4) is 0 Å². The molecule has 0 heterocycles. The van der Waals surface area contributed by atoms with Gasteiger partial charge in [0.05, 0.1) is 0 Å². The molecule has 0 unspecified atom stereocenters. The van der Waals surface area contributed by atoms with Crippen LogP contribution >= 0.6 is 0 Å². The fourth-order valence-electron chi connectivity index (χ4n) is 1.51. The summed E-state index contributed by atoms with van der Waals surface area (Å²) in [5.74, 6) is 1.38. The highest BCUT2D eigenvalue weighted by Gasteiger charge is 2.00. The first-order valence-corrected chi connectivity index (χ1v) is 5.93. The van der Waals surface area contributed by atoms with Crippen LogP contribution in [-0.4, -0.2) is 6.54 Å². The Morgan fingerprint density at radius 1 is 1.13 bits per heavy atom. The van der Waals surface area contributed by atoms with E-state index in [0.29, 0.717) is 5.92 Å². The lowest BCUT2D eigenvalue weighted by atomic mass is 10.0. The Kier molecular flexibility index (Phi) is 4.67. The molecule has 1 heteroatoms. The summed E-state index contributed by atoms with van der Waals surface area (Å²) in [6, 6.07) is 8.72. The van der Waals surface area contributed by atoms with Crippen molar-refractivity contribution >= 4 is 5.69 Å². The Balaban J connectivity index is 2.50. The molecule has 0 fully saturated rings. The average Bonchev–Trinajstić information content (AvgIpc) is 2.17. The Bertz CT molecular complexity index is 289. The van der Waals surface area contributed by atoms with Gasteiger partial charge in [-0.3, -0.25) is 0 Å². The first-order chi connectivity index (χ1) is 7.09. The van der Waals surface area contributed by atoms with E-state index in [9.17, 15) is 0 Å². The number of anilines is 1. The lowest BCUT2D eigenvalue weighted by Gasteiger charge is -2.11. The zero-order valence-corrected chi connectivity index (χ0v) is 10.4. The lowest BCUT2D eigenvalue weighted by molar-refractivity contribution is 0.607. The van der Waals surface area contributed by atoms with Gasteiger partial charge in [0.1, 0.15) is 0 Å². The molecule has 84 valence electrons. The lowest BCUT2D eigenvalue weighted by Crippen LogP contribution is -2.05. The van der Waals surface area contributed by atoms with E-state index in [0.717, 1.165) is 12.5 Å². The van der Waals surface area contributed by atoms with Crippen molar-refractivity contribution in [2.24, 2.45) is 5.92 Å². The predicted molar refractivity (Wildman–Crippen MR) is 68.5 cm³/mol. The second-order valence-electron chi connectivity index (χ2n) is 4.89. The number of hydrogen-bond donors (Lipinski definition) is 1. The van der Waals surface area contributed by atoms with E-state index in [1.54, 1.807) is 0 Å². The second kappa shape index (κ2) is 5.79. The Hall–Kier alpha value is -0.980. The highest BCUT2D eigenvalue weighted by Crippen LogP contribution is 2.18. The Morgan fingerprint density at radius 2 is 1.87 bits per heavy atom. The minimum atomic E-state index is 0.608. The third-order valence-electron chi connectivity index (χ3n) is 2.60. The minimum absolute atomic E-state index is 0.608. The highest BCUT2D eigenvalue weighted by molar-refractivity contribution is 5.46. The van der Waals surface area contributed by atoms with Gasteiger partial charge >= 0.3 is 0 Å². The summed E-state index contributed by atoms with van der Waals surface area (Å²) in [6.45, 7) is 10.0. The smallest absolute Gasteiger partial charge is 0.0343 e. The molecule has 0 amide bonds. The van der Waals surface area contributed by atoms with Gasteiger partial charge in [-0.15, -0.1) is 0 Å². The minimum Gasteiger partial charge on any atom is -0.385 e. The largest absolute Gasteiger partial charge is 0.385 e. The summed E-state index contributed by atoms with van der Waals surface area (Å²) in [6.07, 6.45) is 1.23. The maximum atomic E-state index is 3.47. The first kappa shape index (κ1) is 12.1. The quantitative estimate of drug-likeness (QED) is 0.757. The van der Waals surface area contributed by atoms with Crippen molar-refractivity contribution in [3.8, 4) is 0 Å². The summed E-state index contributed by atoms with van der Waals surface area (Å²) in [7, 11) is 0. The molecule has 15 heavy (non-hydrogen) atoms. The molecule has 1 aromatic carbocycles. The maximum absolute atomic E-state index is 3.47. The summed E-state index contributed by atoms with van der Waals surface area (Å²) in [5.41, 5.74) is 2.66. The van der Waals surface area contributed by atoms with E-state index < -0.39 is 0 Å². The van der Waals surface area contributed by atoms with Gasteiger partial charge in [-0.05, 0) is 36.0 Å². The molecule has 0 spiro atoms. The van der Waals surface area contributed by atoms with Crippen molar-refractivity contribution in [1.82, 2.24) is 0 Å². The number of rotatable bonds is 5. The summed E-state index contributed by atoms with van der Waals surface area (Å²) in [5, 5.41) is 3.47. The van der Waals surface area contributed by atoms with Crippen molar-refractivity contribution in [3.05, 3.63) is 29.8 Å². The van der Waals surface area contributed by atoms with Crippen molar-refractivity contribution in [2.75, 3.05) is 11.9 Å². The van der Waals surface area contributed by atoms with Crippen LogP contribution in [0.25, 0.3) is 0 Å². The Morgan fingerprint density at radius 3 is 2.47 bits per heavy atom. The third-order valence-corrected chi connectivity index (χ3v) is 2.60. The van der Waals surface area contributed by atoms with E-state index in [1.165, 1.54) is 17.7 Å². The van der Waals surface area contributed by atoms with Crippen molar-refractivity contribution in [1.29, 1.82) is 0 Å². The molecule has 0 aliphatic rings. The number of nitrogens with one attached hydrogen (secondary N) is 1. The molecule has 0 aliphatic carbocycles. The van der Waals surface area contributed by atoms with Gasteiger partial charge in [0.2, 0.25) is 0 Å². The molecular formula is C14H23N. The summed E-state index contributed by atoms with van der Waals surface area (Å²) in [4.78, 5) is 0. The molecular weight excluding hydrogens is 182 g/mol. The molecule has 0 aromatic heterocycles. The van der Waals surface area contributed by atoms with Crippen LogP contribution in [0.2, 0.25) is 0 Å². The SMILES string of the molecule is CC(C)CCNc1cccc(C(C)C)c1. The fraction of sp³-hybridized carbons (Fsp3) is 0.571. The van der Waals surface area contributed by atoms with E-state index in [2.05, 4.69) is 57.3 Å².